The van der Waals surface area contributed by atoms with Crippen molar-refractivity contribution in [3.63, 3.8) is 0 Å². The summed E-state index contributed by atoms with van der Waals surface area (Å²) >= 11 is 0. The first-order valence-corrected chi connectivity index (χ1v) is 8.54. The van der Waals surface area contributed by atoms with Gasteiger partial charge in [-0.1, -0.05) is 13.8 Å². The molecule has 150 valence electrons. The van der Waals surface area contributed by atoms with Crippen LogP contribution in [0.5, 0.6) is 0 Å². The van der Waals surface area contributed by atoms with Crippen molar-refractivity contribution in [2.45, 2.75) is 91.6 Å². The Balaban J connectivity index is 5.80. The largest absolute Gasteiger partial charge is 0.457 e. The molecule has 26 heavy (non-hydrogen) atoms. The van der Waals surface area contributed by atoms with Gasteiger partial charge in [-0.2, -0.15) is 0 Å². The van der Waals surface area contributed by atoms with E-state index in [-0.39, 0.29) is 12.8 Å². The molecule has 8 nitrogen and oxygen atoms in total. The van der Waals surface area contributed by atoms with E-state index in [9.17, 15) is 19.2 Å². The predicted molar refractivity (Wildman–Crippen MR) is 92.0 cm³/mol. The number of carbonyl (C=O) groups excluding carboxylic acids is 4. The Morgan fingerprint density at radius 2 is 0.923 bits per heavy atom. The standard InChI is InChI=1S/C18H30O8/c1-9-11(19)23-13(15(21)25-17(3,4)5)14(24-12(20)10-2)16(22)26-18(6,7)8/h13-14H,9-10H2,1-8H3/t13-,14-/m1/s1. The summed E-state index contributed by atoms with van der Waals surface area (Å²) in [4.78, 5) is 48.5. The summed E-state index contributed by atoms with van der Waals surface area (Å²) in [7, 11) is 0. The van der Waals surface area contributed by atoms with Crippen LogP contribution in [0.25, 0.3) is 0 Å². The van der Waals surface area contributed by atoms with Gasteiger partial charge in [0.2, 0.25) is 12.2 Å². The first-order valence-electron chi connectivity index (χ1n) is 8.54. The molecule has 0 saturated carbocycles. The van der Waals surface area contributed by atoms with Gasteiger partial charge in [0.25, 0.3) is 0 Å². The topological polar surface area (TPSA) is 105 Å². The van der Waals surface area contributed by atoms with Gasteiger partial charge in [0.05, 0.1) is 0 Å². The molecular formula is C18H30O8. The molecule has 0 aliphatic rings. The highest BCUT2D eigenvalue weighted by Gasteiger charge is 2.44. The van der Waals surface area contributed by atoms with Gasteiger partial charge in [0.1, 0.15) is 11.2 Å². The molecule has 0 aromatic heterocycles. The van der Waals surface area contributed by atoms with E-state index in [1.807, 2.05) is 0 Å². The minimum atomic E-state index is -1.76. The zero-order valence-corrected chi connectivity index (χ0v) is 16.8. The van der Waals surface area contributed by atoms with Crippen LogP contribution in [0, 0.1) is 0 Å². The SMILES string of the molecule is CCC(=O)O[C@@H](C(=O)OC(C)(C)C)[C@@H](OC(=O)CC)C(=O)OC(C)(C)C. The summed E-state index contributed by atoms with van der Waals surface area (Å²) in [5.41, 5.74) is -1.80. The summed E-state index contributed by atoms with van der Waals surface area (Å²) in [5.74, 6) is -3.50. The van der Waals surface area contributed by atoms with E-state index in [4.69, 9.17) is 18.9 Å². The van der Waals surface area contributed by atoms with E-state index in [0.717, 1.165) is 0 Å². The molecule has 0 bridgehead atoms. The molecule has 0 N–H and O–H groups in total. The van der Waals surface area contributed by atoms with Crippen LogP contribution in [0.1, 0.15) is 68.2 Å². The van der Waals surface area contributed by atoms with E-state index >= 15 is 0 Å². The lowest BCUT2D eigenvalue weighted by Crippen LogP contribution is -2.50. The van der Waals surface area contributed by atoms with Crippen LogP contribution in [-0.4, -0.2) is 47.3 Å². The van der Waals surface area contributed by atoms with Crippen LogP contribution in [0.4, 0.5) is 0 Å². The summed E-state index contributed by atoms with van der Waals surface area (Å²) < 4.78 is 20.5. The van der Waals surface area contributed by atoms with E-state index < -0.39 is 47.3 Å². The van der Waals surface area contributed by atoms with Crippen LogP contribution in [0.15, 0.2) is 0 Å². The number of hydrogen-bond acceptors (Lipinski definition) is 8. The third kappa shape index (κ3) is 9.39. The highest BCUT2D eigenvalue weighted by Crippen LogP contribution is 2.18. The molecule has 0 unspecified atom stereocenters. The summed E-state index contributed by atoms with van der Waals surface area (Å²) in [6.45, 7) is 12.7. The van der Waals surface area contributed by atoms with Gasteiger partial charge < -0.3 is 18.9 Å². The number of esters is 4. The second-order valence-corrected chi connectivity index (χ2v) is 7.59. The smallest absolute Gasteiger partial charge is 0.352 e. The van der Waals surface area contributed by atoms with Crippen LogP contribution < -0.4 is 0 Å². The van der Waals surface area contributed by atoms with Crippen molar-refractivity contribution in [1.29, 1.82) is 0 Å². The van der Waals surface area contributed by atoms with Crippen molar-refractivity contribution in [2.75, 3.05) is 0 Å². The first kappa shape index (κ1) is 23.9. The highest BCUT2D eigenvalue weighted by atomic mass is 16.6. The fraction of sp³-hybridized carbons (Fsp3) is 0.778. The molecule has 0 rings (SSSR count). The van der Waals surface area contributed by atoms with Crippen molar-refractivity contribution in [2.24, 2.45) is 0 Å². The predicted octanol–water partition coefficient (Wildman–Crippen LogP) is 2.31. The van der Waals surface area contributed by atoms with Gasteiger partial charge in [0.15, 0.2) is 0 Å². The van der Waals surface area contributed by atoms with E-state index in [1.165, 1.54) is 13.8 Å². The molecule has 0 fully saturated rings. The molecule has 0 aromatic rings. The maximum Gasteiger partial charge on any atom is 0.352 e. The Morgan fingerprint density at radius 1 is 0.654 bits per heavy atom. The maximum absolute atomic E-state index is 12.5. The molecule has 0 aliphatic heterocycles. The van der Waals surface area contributed by atoms with Gasteiger partial charge >= 0.3 is 23.9 Å². The number of ether oxygens (including phenoxy) is 4. The van der Waals surface area contributed by atoms with Crippen molar-refractivity contribution >= 4 is 23.9 Å². The van der Waals surface area contributed by atoms with Gasteiger partial charge in [0, 0.05) is 12.8 Å². The Labute approximate surface area is 154 Å². The molecule has 0 amide bonds. The fourth-order valence-electron chi connectivity index (χ4n) is 1.64. The molecule has 0 heterocycles. The molecule has 0 spiro atoms. The van der Waals surface area contributed by atoms with Crippen molar-refractivity contribution < 1.29 is 38.1 Å². The second kappa shape index (κ2) is 9.54. The molecular weight excluding hydrogens is 344 g/mol. The van der Waals surface area contributed by atoms with E-state index in [0.29, 0.717) is 0 Å². The number of rotatable bonds is 7. The number of hydrogen-bond donors (Lipinski definition) is 0. The second-order valence-electron chi connectivity index (χ2n) is 7.59. The van der Waals surface area contributed by atoms with Crippen molar-refractivity contribution in [3.8, 4) is 0 Å². The molecule has 0 aromatic carbocycles. The third-order valence-electron chi connectivity index (χ3n) is 2.65. The van der Waals surface area contributed by atoms with E-state index in [1.54, 1.807) is 41.5 Å². The Hall–Kier alpha value is -2.12. The maximum atomic E-state index is 12.5. The minimum Gasteiger partial charge on any atom is -0.457 e. The van der Waals surface area contributed by atoms with Gasteiger partial charge in [-0.3, -0.25) is 9.59 Å². The quantitative estimate of drug-likeness (QED) is 0.494. The third-order valence-corrected chi connectivity index (χ3v) is 2.65. The normalized spacial score (nSPS) is 14.0. The molecule has 0 saturated heterocycles. The van der Waals surface area contributed by atoms with Crippen LogP contribution in [0.3, 0.4) is 0 Å². The summed E-state index contributed by atoms with van der Waals surface area (Å²) in [6, 6.07) is 0. The highest BCUT2D eigenvalue weighted by molar-refractivity contribution is 5.89. The van der Waals surface area contributed by atoms with Crippen LogP contribution >= 0.6 is 0 Å². The zero-order valence-electron chi connectivity index (χ0n) is 16.8. The average Bonchev–Trinajstić information content (AvgIpc) is 2.46. The van der Waals surface area contributed by atoms with Gasteiger partial charge in [-0.15, -0.1) is 0 Å². The van der Waals surface area contributed by atoms with Gasteiger partial charge in [-0.25, -0.2) is 9.59 Å². The Bertz CT molecular complexity index is 476. The summed E-state index contributed by atoms with van der Waals surface area (Å²) in [6.07, 6.45) is -3.59. The van der Waals surface area contributed by atoms with Gasteiger partial charge in [-0.05, 0) is 41.5 Å². The molecule has 8 heteroatoms. The fourth-order valence-corrected chi connectivity index (χ4v) is 1.64. The molecule has 0 aliphatic carbocycles. The molecule has 2 atom stereocenters. The lowest BCUT2D eigenvalue weighted by atomic mass is 10.1. The lowest BCUT2D eigenvalue weighted by molar-refractivity contribution is -0.199. The number of carbonyl (C=O) groups is 4. The minimum absolute atomic E-state index is 0.0396. The Morgan fingerprint density at radius 3 is 1.12 bits per heavy atom. The van der Waals surface area contributed by atoms with Crippen LogP contribution in [-0.2, 0) is 38.1 Å². The van der Waals surface area contributed by atoms with Crippen molar-refractivity contribution in [1.82, 2.24) is 0 Å². The zero-order chi connectivity index (χ0) is 20.7. The lowest BCUT2D eigenvalue weighted by Gasteiger charge is -2.29. The Kier molecular flexibility index (Phi) is 8.76. The average molecular weight is 374 g/mol. The van der Waals surface area contributed by atoms with E-state index in [2.05, 4.69) is 0 Å². The van der Waals surface area contributed by atoms with Crippen molar-refractivity contribution in [3.05, 3.63) is 0 Å². The molecule has 0 radical (unpaired) electrons. The summed E-state index contributed by atoms with van der Waals surface area (Å²) in [5, 5.41) is 0. The monoisotopic (exact) mass is 374 g/mol. The first-order chi connectivity index (χ1) is 11.7. The van der Waals surface area contributed by atoms with Crippen LogP contribution in [0.2, 0.25) is 0 Å².